The average molecular weight is 387 g/mol. The normalized spacial score (nSPS) is 16.2. The Hall–Kier alpha value is -2.00. The van der Waals surface area contributed by atoms with E-state index in [1.54, 1.807) is 6.07 Å². The number of benzene rings is 1. The van der Waals surface area contributed by atoms with Crippen molar-refractivity contribution in [2.45, 2.75) is 19.1 Å². The van der Waals surface area contributed by atoms with Gasteiger partial charge in [0.25, 0.3) is 0 Å². The molecule has 1 aliphatic rings. The summed E-state index contributed by atoms with van der Waals surface area (Å²) in [6.07, 6.45) is -3.60. The first kappa shape index (κ1) is 18.8. The topological polar surface area (TPSA) is 48.7 Å². The molecular weight excluding hydrogens is 367 g/mol. The van der Waals surface area contributed by atoms with Crippen LogP contribution >= 0.6 is 11.3 Å². The largest absolute Gasteiger partial charge is 0.494 e. The maximum atomic E-state index is 12.8. The van der Waals surface area contributed by atoms with E-state index in [0.717, 1.165) is 43.5 Å². The molecular formula is C17H20F3N3O2S. The molecule has 0 spiro atoms. The number of thiazole rings is 1. The van der Waals surface area contributed by atoms with Crippen molar-refractivity contribution in [1.29, 1.82) is 0 Å². The first-order chi connectivity index (χ1) is 12.3. The molecule has 0 amide bonds. The van der Waals surface area contributed by atoms with Gasteiger partial charge in [0.2, 0.25) is 5.88 Å². The molecule has 3 rings (SSSR count). The summed E-state index contributed by atoms with van der Waals surface area (Å²) in [7, 11) is 0. The van der Waals surface area contributed by atoms with E-state index in [1.807, 2.05) is 4.90 Å². The van der Waals surface area contributed by atoms with Crippen molar-refractivity contribution in [3.05, 3.63) is 44.9 Å². The van der Waals surface area contributed by atoms with Crippen LogP contribution in [-0.2, 0) is 12.7 Å². The number of anilines is 1. The summed E-state index contributed by atoms with van der Waals surface area (Å²) < 4.78 is 39.9. The van der Waals surface area contributed by atoms with Gasteiger partial charge in [-0.15, -0.1) is 0 Å². The van der Waals surface area contributed by atoms with Crippen LogP contribution in [0, 0.1) is 0 Å². The number of aromatic nitrogens is 1. The van der Waals surface area contributed by atoms with Crippen molar-refractivity contribution in [2.24, 2.45) is 0 Å². The Balaban J connectivity index is 1.49. The second-order valence-electron chi connectivity index (χ2n) is 6.24. The fourth-order valence-electron chi connectivity index (χ4n) is 3.09. The summed E-state index contributed by atoms with van der Waals surface area (Å²) in [6.45, 7) is 4.05. The molecule has 26 heavy (non-hydrogen) atoms. The molecule has 1 aromatic heterocycles. The molecule has 0 saturated carbocycles. The van der Waals surface area contributed by atoms with Crippen LogP contribution in [0.25, 0.3) is 0 Å². The van der Waals surface area contributed by atoms with Gasteiger partial charge < -0.3 is 10.0 Å². The third-order valence-corrected chi connectivity index (χ3v) is 5.28. The van der Waals surface area contributed by atoms with E-state index < -0.39 is 11.7 Å². The summed E-state index contributed by atoms with van der Waals surface area (Å²) in [5.41, 5.74) is -0.0346. The molecule has 142 valence electrons. The van der Waals surface area contributed by atoms with Crippen LogP contribution in [0.5, 0.6) is 5.88 Å². The maximum Gasteiger partial charge on any atom is 0.416 e. The highest BCUT2D eigenvalue weighted by Crippen LogP contribution is 2.31. The molecule has 9 heteroatoms. The molecule has 1 saturated heterocycles. The highest BCUT2D eigenvalue weighted by atomic mass is 32.1. The molecule has 1 aliphatic heterocycles. The number of aromatic hydroxyl groups is 1. The Morgan fingerprint density at radius 3 is 2.46 bits per heavy atom. The van der Waals surface area contributed by atoms with Crippen LogP contribution in [-0.4, -0.2) is 47.3 Å². The quantitative estimate of drug-likeness (QED) is 0.857. The van der Waals surface area contributed by atoms with Gasteiger partial charge in [0.1, 0.15) is 0 Å². The van der Waals surface area contributed by atoms with Gasteiger partial charge in [-0.25, -0.2) is 0 Å². The van der Waals surface area contributed by atoms with Gasteiger partial charge in [-0.1, -0.05) is 17.4 Å². The van der Waals surface area contributed by atoms with Crippen molar-refractivity contribution in [2.75, 3.05) is 37.6 Å². The average Bonchev–Trinajstić information content (AvgIpc) is 2.94. The molecule has 0 bridgehead atoms. The highest BCUT2D eigenvalue weighted by molar-refractivity contribution is 7.07. The molecule has 2 aromatic rings. The van der Waals surface area contributed by atoms with Crippen molar-refractivity contribution in [3.8, 4) is 5.88 Å². The summed E-state index contributed by atoms with van der Waals surface area (Å²) >= 11 is 0.975. The van der Waals surface area contributed by atoms with Gasteiger partial charge in [-0.3, -0.25) is 14.3 Å². The van der Waals surface area contributed by atoms with Crippen LogP contribution in [0.15, 0.2) is 34.4 Å². The number of alkyl halides is 3. The van der Waals surface area contributed by atoms with Crippen LogP contribution in [0.4, 0.5) is 18.9 Å². The minimum Gasteiger partial charge on any atom is -0.494 e. The Bertz CT molecular complexity index is 795. The van der Waals surface area contributed by atoms with Gasteiger partial charge in [-0.2, -0.15) is 13.2 Å². The molecule has 2 heterocycles. The summed E-state index contributed by atoms with van der Waals surface area (Å²) in [4.78, 5) is 15.6. The zero-order valence-electron chi connectivity index (χ0n) is 14.1. The SMILES string of the molecule is O=c1scc(O)n1CCCN1CCN(c2cccc(C(F)(F)F)c2)CC1. The molecule has 1 fully saturated rings. The fraction of sp³-hybridized carbons (Fsp3) is 0.471. The number of rotatable bonds is 5. The van der Waals surface area contributed by atoms with Crippen molar-refractivity contribution >= 4 is 17.0 Å². The number of hydrogen-bond acceptors (Lipinski definition) is 5. The minimum atomic E-state index is -4.33. The molecule has 0 unspecified atom stereocenters. The van der Waals surface area contributed by atoms with Crippen LogP contribution < -0.4 is 9.77 Å². The third kappa shape index (κ3) is 4.39. The van der Waals surface area contributed by atoms with Gasteiger partial charge in [0.15, 0.2) is 0 Å². The number of hydrogen-bond donors (Lipinski definition) is 1. The first-order valence-corrected chi connectivity index (χ1v) is 9.24. The lowest BCUT2D eigenvalue weighted by Crippen LogP contribution is -2.46. The molecule has 0 atom stereocenters. The van der Waals surface area contributed by atoms with Gasteiger partial charge in [0, 0.05) is 38.4 Å². The highest BCUT2D eigenvalue weighted by Gasteiger charge is 2.31. The lowest BCUT2D eigenvalue weighted by Gasteiger charge is -2.36. The summed E-state index contributed by atoms with van der Waals surface area (Å²) in [6, 6.07) is 5.43. The van der Waals surface area contributed by atoms with E-state index in [0.29, 0.717) is 25.3 Å². The summed E-state index contributed by atoms with van der Waals surface area (Å²) in [5, 5.41) is 11.0. The zero-order chi connectivity index (χ0) is 18.7. The van der Waals surface area contributed by atoms with E-state index >= 15 is 0 Å². The molecule has 1 N–H and O–H groups in total. The van der Waals surface area contributed by atoms with E-state index in [-0.39, 0.29) is 10.8 Å². The molecule has 1 aromatic carbocycles. The van der Waals surface area contributed by atoms with Crippen molar-refractivity contribution in [1.82, 2.24) is 9.47 Å². The standard InChI is InChI=1S/C17H20F3N3O2S/c18-17(19,20)13-3-1-4-14(11-13)22-9-7-21(8-10-22)5-2-6-23-15(24)12-26-16(23)25/h1,3-4,11-12,24H,2,5-10H2. The van der Waals surface area contributed by atoms with Crippen LogP contribution in [0.1, 0.15) is 12.0 Å². The van der Waals surface area contributed by atoms with E-state index in [1.165, 1.54) is 22.1 Å². The number of nitrogens with zero attached hydrogens (tertiary/aromatic N) is 3. The van der Waals surface area contributed by atoms with E-state index in [4.69, 9.17) is 0 Å². The predicted molar refractivity (Wildman–Crippen MR) is 95.0 cm³/mol. The third-order valence-electron chi connectivity index (χ3n) is 4.53. The fourth-order valence-corrected chi connectivity index (χ4v) is 3.74. The Morgan fingerprint density at radius 2 is 1.85 bits per heavy atom. The van der Waals surface area contributed by atoms with Crippen molar-refractivity contribution in [3.63, 3.8) is 0 Å². The number of piperazine rings is 1. The predicted octanol–water partition coefficient (Wildman–Crippen LogP) is 2.85. The minimum absolute atomic E-state index is 0.00522. The molecule has 0 radical (unpaired) electrons. The van der Waals surface area contributed by atoms with Crippen LogP contribution in [0.3, 0.4) is 0 Å². The van der Waals surface area contributed by atoms with E-state index in [2.05, 4.69) is 4.90 Å². The van der Waals surface area contributed by atoms with E-state index in [9.17, 15) is 23.1 Å². The Labute approximate surface area is 152 Å². The maximum absolute atomic E-state index is 12.8. The molecule has 5 nitrogen and oxygen atoms in total. The number of halogens is 3. The van der Waals surface area contributed by atoms with Gasteiger partial charge in [-0.05, 0) is 31.2 Å². The Morgan fingerprint density at radius 1 is 1.12 bits per heavy atom. The zero-order valence-corrected chi connectivity index (χ0v) is 14.9. The smallest absolute Gasteiger partial charge is 0.416 e. The lowest BCUT2D eigenvalue weighted by atomic mass is 10.1. The monoisotopic (exact) mass is 387 g/mol. The van der Waals surface area contributed by atoms with Gasteiger partial charge >= 0.3 is 11.0 Å². The van der Waals surface area contributed by atoms with Crippen LogP contribution in [0.2, 0.25) is 0 Å². The second kappa shape index (κ2) is 7.71. The van der Waals surface area contributed by atoms with Crippen molar-refractivity contribution < 1.29 is 18.3 Å². The summed E-state index contributed by atoms with van der Waals surface area (Å²) in [5.74, 6) is -0.00522. The Kier molecular flexibility index (Phi) is 5.57. The lowest BCUT2D eigenvalue weighted by molar-refractivity contribution is -0.137. The van der Waals surface area contributed by atoms with Gasteiger partial charge in [0.05, 0.1) is 10.9 Å². The second-order valence-corrected chi connectivity index (χ2v) is 7.06. The first-order valence-electron chi connectivity index (χ1n) is 8.36. The molecule has 0 aliphatic carbocycles.